The highest BCUT2D eigenvalue weighted by atomic mass is 16.4. The first-order valence-corrected chi connectivity index (χ1v) is 9.99. The third-order valence-corrected chi connectivity index (χ3v) is 6.60. The molecule has 2 aromatic carbocycles. The molecule has 146 valence electrons. The lowest BCUT2D eigenvalue weighted by atomic mass is 9.66. The predicted octanol–water partition coefficient (Wildman–Crippen LogP) is 3.79. The quantitative estimate of drug-likeness (QED) is 0.848. The lowest BCUT2D eigenvalue weighted by Gasteiger charge is -2.48. The molecule has 0 radical (unpaired) electrons. The summed E-state index contributed by atoms with van der Waals surface area (Å²) < 4.78 is 0. The third kappa shape index (κ3) is 2.73. The van der Waals surface area contributed by atoms with Crippen LogP contribution in [0.25, 0.3) is 0 Å². The zero-order chi connectivity index (χ0) is 19.9. The van der Waals surface area contributed by atoms with E-state index in [0.717, 1.165) is 30.5 Å². The Morgan fingerprint density at radius 3 is 2.46 bits per heavy atom. The Kier molecular flexibility index (Phi) is 4.71. The minimum atomic E-state index is -1.34. The van der Waals surface area contributed by atoms with E-state index < -0.39 is 11.5 Å². The Morgan fingerprint density at radius 1 is 1.11 bits per heavy atom. The second-order valence-electron chi connectivity index (χ2n) is 7.94. The highest BCUT2D eigenvalue weighted by Crippen LogP contribution is 2.53. The topological polar surface area (TPSA) is 83.6 Å². The largest absolute Gasteiger partial charge is 0.480 e. The van der Waals surface area contributed by atoms with Gasteiger partial charge in [0.15, 0.2) is 0 Å². The average Bonchev–Trinajstić information content (AvgIpc) is 3.20. The van der Waals surface area contributed by atoms with E-state index in [4.69, 9.17) is 5.73 Å². The molecule has 1 fully saturated rings. The lowest BCUT2D eigenvalue weighted by Crippen LogP contribution is -2.59. The minimum absolute atomic E-state index is 0.0265. The van der Waals surface area contributed by atoms with E-state index in [2.05, 4.69) is 0 Å². The van der Waals surface area contributed by atoms with E-state index in [9.17, 15) is 14.7 Å². The molecule has 1 saturated carbocycles. The zero-order valence-electron chi connectivity index (χ0n) is 16.0. The van der Waals surface area contributed by atoms with Crippen LogP contribution in [0.4, 0.5) is 5.69 Å². The molecule has 0 bridgehead atoms. The number of nitrogens with two attached hydrogens (primary N) is 1. The maximum Gasteiger partial charge on any atom is 0.324 e. The molecule has 1 aliphatic carbocycles. The zero-order valence-corrected chi connectivity index (χ0v) is 16.0. The summed E-state index contributed by atoms with van der Waals surface area (Å²) in [5, 5.41) is 9.98. The molecule has 0 saturated heterocycles. The van der Waals surface area contributed by atoms with Gasteiger partial charge < -0.3 is 15.7 Å². The molecule has 2 aliphatic rings. The fourth-order valence-electron chi connectivity index (χ4n) is 5.20. The molecular weight excluding hydrogens is 352 g/mol. The van der Waals surface area contributed by atoms with Crippen LogP contribution in [0.2, 0.25) is 0 Å². The molecule has 28 heavy (non-hydrogen) atoms. The highest BCUT2D eigenvalue weighted by Gasteiger charge is 2.54. The molecule has 4 atom stereocenters. The van der Waals surface area contributed by atoms with Crippen molar-refractivity contribution in [2.24, 2.45) is 11.7 Å². The van der Waals surface area contributed by atoms with Crippen molar-refractivity contribution in [2.45, 2.75) is 50.1 Å². The lowest BCUT2D eigenvalue weighted by molar-refractivity contribution is -0.145. The number of amides is 1. The number of carboxylic acids is 1. The van der Waals surface area contributed by atoms with Crippen molar-refractivity contribution in [3.63, 3.8) is 0 Å². The smallest absolute Gasteiger partial charge is 0.324 e. The van der Waals surface area contributed by atoms with Crippen LogP contribution in [-0.4, -0.2) is 28.6 Å². The molecule has 2 aromatic rings. The van der Waals surface area contributed by atoms with Crippen molar-refractivity contribution in [2.75, 3.05) is 4.90 Å². The van der Waals surface area contributed by atoms with E-state index in [-0.39, 0.29) is 23.8 Å². The van der Waals surface area contributed by atoms with Gasteiger partial charge in [0.25, 0.3) is 5.91 Å². The number of hydrogen-bond acceptors (Lipinski definition) is 3. The fraction of sp³-hybridized carbons (Fsp3) is 0.391. The average molecular weight is 378 g/mol. The normalized spacial score (nSPS) is 25.5. The third-order valence-electron chi connectivity index (χ3n) is 6.60. The summed E-state index contributed by atoms with van der Waals surface area (Å²) in [5.41, 5.74) is 7.50. The van der Waals surface area contributed by atoms with Gasteiger partial charge in [0.1, 0.15) is 5.54 Å². The number of carbonyl (C=O) groups is 2. The first-order chi connectivity index (χ1) is 13.5. The monoisotopic (exact) mass is 378 g/mol. The number of carbonyl (C=O) groups excluding carboxylic acids is 1. The molecule has 4 rings (SSSR count). The second kappa shape index (κ2) is 7.06. The van der Waals surface area contributed by atoms with Crippen LogP contribution in [0.1, 0.15) is 54.4 Å². The van der Waals surface area contributed by atoms with Gasteiger partial charge in [0.05, 0.1) is 0 Å². The van der Waals surface area contributed by atoms with Gasteiger partial charge in [-0.15, -0.1) is 0 Å². The van der Waals surface area contributed by atoms with Crippen LogP contribution >= 0.6 is 0 Å². The van der Waals surface area contributed by atoms with Gasteiger partial charge in [0, 0.05) is 23.2 Å². The van der Waals surface area contributed by atoms with Crippen molar-refractivity contribution in [1.29, 1.82) is 0 Å². The maximum absolute atomic E-state index is 13.4. The van der Waals surface area contributed by atoms with Gasteiger partial charge in [-0.05, 0) is 48.9 Å². The van der Waals surface area contributed by atoms with Gasteiger partial charge in [-0.3, -0.25) is 9.59 Å². The van der Waals surface area contributed by atoms with Crippen LogP contribution in [0, 0.1) is 5.92 Å². The molecule has 4 unspecified atom stereocenters. The summed E-state index contributed by atoms with van der Waals surface area (Å²) in [4.78, 5) is 27.5. The molecule has 3 N–H and O–H groups in total. The minimum Gasteiger partial charge on any atom is -0.480 e. The predicted molar refractivity (Wildman–Crippen MR) is 108 cm³/mol. The number of fused-ring (bicyclic) bond motifs is 2. The molecule has 5 heteroatoms. The van der Waals surface area contributed by atoms with Crippen LogP contribution < -0.4 is 10.6 Å². The molecule has 1 heterocycles. The van der Waals surface area contributed by atoms with Crippen molar-refractivity contribution in [1.82, 2.24) is 0 Å². The Labute approximate surface area is 165 Å². The Bertz CT molecular complexity index is 898. The molecule has 0 spiro atoms. The summed E-state index contributed by atoms with van der Waals surface area (Å²) in [6, 6.07) is 16.9. The fourth-order valence-corrected chi connectivity index (χ4v) is 5.20. The van der Waals surface area contributed by atoms with Gasteiger partial charge in [0.2, 0.25) is 0 Å². The Morgan fingerprint density at radius 2 is 1.79 bits per heavy atom. The van der Waals surface area contributed by atoms with Crippen molar-refractivity contribution < 1.29 is 14.7 Å². The van der Waals surface area contributed by atoms with Gasteiger partial charge in [-0.2, -0.15) is 0 Å². The van der Waals surface area contributed by atoms with Gasteiger partial charge in [-0.25, -0.2) is 0 Å². The van der Waals surface area contributed by atoms with Crippen LogP contribution in [-0.2, 0) is 4.79 Å². The number of para-hydroxylation sites is 1. The maximum atomic E-state index is 13.4. The standard InChI is InChI=1S/C23H26N2O3/c1-2-23(24,22(27)28)20-16-11-6-7-13-18(16)25(19-14-8-12-17(19)20)21(26)15-9-4-3-5-10-15/h3-7,9-11,13,17,19-20H,2,8,12,14,24H2,1H3,(H,27,28). The number of anilines is 1. The van der Waals surface area contributed by atoms with Crippen molar-refractivity contribution >= 4 is 17.6 Å². The number of hydrogen-bond donors (Lipinski definition) is 2. The van der Waals surface area contributed by atoms with Crippen LogP contribution in [0.5, 0.6) is 0 Å². The van der Waals surface area contributed by atoms with Crippen LogP contribution in [0.3, 0.4) is 0 Å². The molecule has 0 aromatic heterocycles. The van der Waals surface area contributed by atoms with Gasteiger partial charge in [-0.1, -0.05) is 49.7 Å². The number of aliphatic carboxylic acids is 1. The SMILES string of the molecule is CCC(N)(C(=O)O)C1c2ccccc2N(C(=O)c2ccccc2)C2CCCC21. The van der Waals surface area contributed by atoms with E-state index in [1.807, 2.05) is 66.4 Å². The van der Waals surface area contributed by atoms with Crippen LogP contribution in [0.15, 0.2) is 54.6 Å². The summed E-state index contributed by atoms with van der Waals surface area (Å²) in [7, 11) is 0. The number of carboxylic acid groups (broad SMARTS) is 1. The van der Waals surface area contributed by atoms with E-state index in [0.29, 0.717) is 12.0 Å². The van der Waals surface area contributed by atoms with Crippen molar-refractivity contribution in [3.05, 3.63) is 65.7 Å². The highest BCUT2D eigenvalue weighted by molar-refractivity contribution is 6.07. The van der Waals surface area contributed by atoms with E-state index >= 15 is 0 Å². The summed E-state index contributed by atoms with van der Waals surface area (Å²) in [5.74, 6) is -1.26. The first kappa shape index (κ1) is 18.7. The molecular formula is C23H26N2O3. The Hall–Kier alpha value is -2.66. The molecule has 1 amide bonds. The summed E-state index contributed by atoms with van der Waals surface area (Å²) >= 11 is 0. The molecule has 1 aliphatic heterocycles. The Balaban J connectivity index is 1.88. The summed E-state index contributed by atoms with van der Waals surface area (Å²) in [6.45, 7) is 1.84. The first-order valence-electron chi connectivity index (χ1n) is 9.99. The van der Waals surface area contributed by atoms with E-state index in [1.165, 1.54) is 0 Å². The van der Waals surface area contributed by atoms with Gasteiger partial charge >= 0.3 is 5.97 Å². The number of rotatable bonds is 4. The number of benzene rings is 2. The molecule has 5 nitrogen and oxygen atoms in total. The number of nitrogens with zero attached hydrogens (tertiary/aromatic N) is 1. The second-order valence-corrected chi connectivity index (χ2v) is 7.94. The van der Waals surface area contributed by atoms with E-state index in [1.54, 1.807) is 0 Å². The summed E-state index contributed by atoms with van der Waals surface area (Å²) in [6.07, 6.45) is 3.07. The van der Waals surface area contributed by atoms with Crippen molar-refractivity contribution in [3.8, 4) is 0 Å².